The van der Waals surface area contributed by atoms with Gasteiger partial charge in [0.25, 0.3) is 5.91 Å². The van der Waals surface area contributed by atoms with E-state index < -0.39 is 0 Å². The summed E-state index contributed by atoms with van der Waals surface area (Å²) in [5.74, 6) is 1.03. The van der Waals surface area contributed by atoms with Crippen LogP contribution in [0, 0.1) is 0 Å². The monoisotopic (exact) mass is 327 g/mol. The number of benzene rings is 2. The standard InChI is InChI=1S/C19H21NO4/c1-13(17-6-4-5-7-18(17)23-3)20-19(22)12-24-16-10-8-15(9-11-16)14(2)21/h4-11,13H,12H2,1-3H3,(H,20,22). The number of carbonyl (C=O) groups excluding carboxylic acids is 2. The summed E-state index contributed by atoms with van der Waals surface area (Å²) >= 11 is 0. The Kier molecular flexibility index (Phi) is 5.95. The zero-order valence-corrected chi connectivity index (χ0v) is 14.0. The maximum atomic E-state index is 12.0. The third kappa shape index (κ3) is 4.59. The van der Waals surface area contributed by atoms with E-state index in [1.165, 1.54) is 6.92 Å². The topological polar surface area (TPSA) is 64.6 Å². The van der Waals surface area contributed by atoms with Crippen molar-refractivity contribution in [1.82, 2.24) is 5.32 Å². The van der Waals surface area contributed by atoms with Crippen molar-refractivity contribution in [2.24, 2.45) is 0 Å². The second-order valence-electron chi connectivity index (χ2n) is 5.40. The second-order valence-corrected chi connectivity index (χ2v) is 5.40. The molecule has 0 fully saturated rings. The van der Waals surface area contributed by atoms with E-state index in [1.807, 2.05) is 31.2 Å². The lowest BCUT2D eigenvalue weighted by atomic mass is 10.1. The van der Waals surface area contributed by atoms with Crippen molar-refractivity contribution < 1.29 is 19.1 Å². The zero-order chi connectivity index (χ0) is 17.5. The fourth-order valence-electron chi connectivity index (χ4n) is 2.32. The zero-order valence-electron chi connectivity index (χ0n) is 14.0. The van der Waals surface area contributed by atoms with E-state index in [1.54, 1.807) is 31.4 Å². The Morgan fingerprint density at radius 3 is 2.38 bits per heavy atom. The van der Waals surface area contributed by atoms with Crippen LogP contribution in [0.15, 0.2) is 48.5 Å². The Morgan fingerprint density at radius 2 is 1.75 bits per heavy atom. The van der Waals surface area contributed by atoms with Gasteiger partial charge in [-0.15, -0.1) is 0 Å². The Bertz CT molecular complexity index is 710. The molecule has 0 aliphatic carbocycles. The first-order valence-electron chi connectivity index (χ1n) is 7.67. The Hall–Kier alpha value is -2.82. The summed E-state index contributed by atoms with van der Waals surface area (Å²) in [6, 6.07) is 14.0. The first-order valence-corrected chi connectivity index (χ1v) is 7.67. The average Bonchev–Trinajstić information content (AvgIpc) is 2.60. The highest BCUT2D eigenvalue weighted by atomic mass is 16.5. The summed E-state index contributed by atoms with van der Waals surface area (Å²) in [5.41, 5.74) is 1.51. The van der Waals surface area contributed by atoms with E-state index in [9.17, 15) is 9.59 Å². The van der Waals surface area contributed by atoms with Crippen LogP contribution in [-0.4, -0.2) is 25.4 Å². The lowest BCUT2D eigenvalue weighted by Gasteiger charge is -2.17. The molecule has 0 aliphatic heterocycles. The molecule has 0 saturated carbocycles. The van der Waals surface area contributed by atoms with Crippen molar-refractivity contribution in [1.29, 1.82) is 0 Å². The molecule has 126 valence electrons. The minimum atomic E-state index is -0.232. The van der Waals surface area contributed by atoms with E-state index in [4.69, 9.17) is 9.47 Å². The van der Waals surface area contributed by atoms with Crippen molar-refractivity contribution in [2.75, 3.05) is 13.7 Å². The normalized spacial score (nSPS) is 11.5. The maximum absolute atomic E-state index is 12.0. The van der Waals surface area contributed by atoms with Gasteiger partial charge in [-0.2, -0.15) is 0 Å². The first-order chi connectivity index (χ1) is 11.5. The molecular weight excluding hydrogens is 306 g/mol. The summed E-state index contributed by atoms with van der Waals surface area (Å²) in [6.07, 6.45) is 0. The van der Waals surface area contributed by atoms with E-state index in [0.29, 0.717) is 11.3 Å². The molecular formula is C19H21NO4. The molecule has 0 spiro atoms. The second kappa shape index (κ2) is 8.15. The number of Topliss-reactive ketones (excluding diaryl/α,β-unsaturated/α-hetero) is 1. The van der Waals surface area contributed by atoms with Gasteiger partial charge >= 0.3 is 0 Å². The van der Waals surface area contributed by atoms with Crippen molar-refractivity contribution in [3.8, 4) is 11.5 Å². The van der Waals surface area contributed by atoms with Crippen LogP contribution in [0.1, 0.15) is 35.8 Å². The highest BCUT2D eigenvalue weighted by Crippen LogP contribution is 2.24. The predicted molar refractivity (Wildman–Crippen MR) is 91.5 cm³/mol. The number of hydrogen-bond acceptors (Lipinski definition) is 4. The number of ketones is 1. The van der Waals surface area contributed by atoms with Crippen LogP contribution in [-0.2, 0) is 4.79 Å². The molecule has 1 amide bonds. The van der Waals surface area contributed by atoms with Crippen LogP contribution in [0.4, 0.5) is 0 Å². The van der Waals surface area contributed by atoms with E-state index >= 15 is 0 Å². The van der Waals surface area contributed by atoms with E-state index in [0.717, 1.165) is 11.3 Å². The van der Waals surface area contributed by atoms with Gasteiger partial charge in [0.05, 0.1) is 13.2 Å². The Labute approximate surface area is 141 Å². The highest BCUT2D eigenvalue weighted by Gasteiger charge is 2.14. The van der Waals surface area contributed by atoms with Gasteiger partial charge in [-0.05, 0) is 44.2 Å². The Morgan fingerprint density at radius 1 is 1.08 bits per heavy atom. The minimum Gasteiger partial charge on any atom is -0.496 e. The molecule has 24 heavy (non-hydrogen) atoms. The largest absolute Gasteiger partial charge is 0.496 e. The first kappa shape index (κ1) is 17.5. The van der Waals surface area contributed by atoms with Gasteiger partial charge in [0.1, 0.15) is 11.5 Å². The van der Waals surface area contributed by atoms with Crippen LogP contribution in [0.25, 0.3) is 0 Å². The lowest BCUT2D eigenvalue weighted by molar-refractivity contribution is -0.123. The van der Waals surface area contributed by atoms with Gasteiger partial charge in [0.2, 0.25) is 0 Å². The fraction of sp³-hybridized carbons (Fsp3) is 0.263. The van der Waals surface area contributed by atoms with Gasteiger partial charge < -0.3 is 14.8 Å². The van der Waals surface area contributed by atoms with Gasteiger partial charge in [0.15, 0.2) is 12.4 Å². The van der Waals surface area contributed by atoms with Crippen LogP contribution < -0.4 is 14.8 Å². The van der Waals surface area contributed by atoms with Crippen molar-refractivity contribution in [2.45, 2.75) is 19.9 Å². The fourth-order valence-corrected chi connectivity index (χ4v) is 2.32. The highest BCUT2D eigenvalue weighted by molar-refractivity contribution is 5.94. The molecule has 1 unspecified atom stereocenters. The number of carbonyl (C=O) groups is 2. The van der Waals surface area contributed by atoms with Crippen LogP contribution in [0.3, 0.4) is 0 Å². The van der Waals surface area contributed by atoms with Crippen molar-refractivity contribution in [3.05, 3.63) is 59.7 Å². The number of methoxy groups -OCH3 is 1. The van der Waals surface area contributed by atoms with Gasteiger partial charge in [-0.1, -0.05) is 18.2 Å². The average molecular weight is 327 g/mol. The number of para-hydroxylation sites is 1. The molecule has 0 bridgehead atoms. The van der Waals surface area contributed by atoms with Gasteiger partial charge in [-0.25, -0.2) is 0 Å². The molecule has 5 heteroatoms. The van der Waals surface area contributed by atoms with Crippen LogP contribution in [0.2, 0.25) is 0 Å². The van der Waals surface area contributed by atoms with Crippen LogP contribution >= 0.6 is 0 Å². The Balaban J connectivity index is 1.89. The summed E-state index contributed by atoms with van der Waals surface area (Å²) in [4.78, 5) is 23.3. The number of ether oxygens (including phenoxy) is 2. The molecule has 1 atom stereocenters. The molecule has 1 N–H and O–H groups in total. The molecule has 0 aromatic heterocycles. The number of hydrogen-bond donors (Lipinski definition) is 1. The summed E-state index contributed by atoms with van der Waals surface area (Å²) < 4.78 is 10.7. The van der Waals surface area contributed by atoms with Crippen LogP contribution in [0.5, 0.6) is 11.5 Å². The minimum absolute atomic E-state index is 0.00933. The molecule has 0 aliphatic rings. The molecule has 0 radical (unpaired) electrons. The SMILES string of the molecule is COc1ccccc1C(C)NC(=O)COc1ccc(C(C)=O)cc1. The van der Waals surface area contributed by atoms with E-state index in [2.05, 4.69) is 5.32 Å². The molecule has 2 aromatic carbocycles. The van der Waals surface area contributed by atoms with Gasteiger partial charge in [0, 0.05) is 11.1 Å². The molecule has 5 nitrogen and oxygen atoms in total. The van der Waals surface area contributed by atoms with Crippen molar-refractivity contribution >= 4 is 11.7 Å². The third-order valence-electron chi connectivity index (χ3n) is 3.61. The maximum Gasteiger partial charge on any atom is 0.258 e. The summed E-state index contributed by atoms with van der Waals surface area (Å²) in [5, 5.41) is 2.87. The number of rotatable bonds is 7. The van der Waals surface area contributed by atoms with Gasteiger partial charge in [-0.3, -0.25) is 9.59 Å². The molecule has 2 rings (SSSR count). The third-order valence-corrected chi connectivity index (χ3v) is 3.61. The summed E-state index contributed by atoms with van der Waals surface area (Å²) in [6.45, 7) is 3.29. The molecule has 2 aromatic rings. The van der Waals surface area contributed by atoms with E-state index in [-0.39, 0.29) is 24.3 Å². The van der Waals surface area contributed by atoms with Crippen molar-refractivity contribution in [3.63, 3.8) is 0 Å². The summed E-state index contributed by atoms with van der Waals surface area (Å²) in [7, 11) is 1.60. The number of nitrogens with one attached hydrogen (secondary N) is 1. The molecule has 0 saturated heterocycles. The predicted octanol–water partition coefficient (Wildman–Crippen LogP) is 3.15. The smallest absolute Gasteiger partial charge is 0.258 e. The number of amides is 1. The lowest BCUT2D eigenvalue weighted by Crippen LogP contribution is -2.31. The molecule has 0 heterocycles. The quantitative estimate of drug-likeness (QED) is 0.794.